The smallest absolute Gasteiger partial charge is 0.252 e. The average Bonchev–Trinajstić information content (AvgIpc) is 3.40. The zero-order valence-electron chi connectivity index (χ0n) is 14.7. The third-order valence-corrected chi connectivity index (χ3v) is 5.13. The molecule has 142 valence electrons. The van der Waals surface area contributed by atoms with Crippen LogP contribution in [-0.2, 0) is 0 Å². The van der Waals surface area contributed by atoms with Gasteiger partial charge in [-0.15, -0.1) is 11.3 Å². The second-order valence-electron chi connectivity index (χ2n) is 6.44. The van der Waals surface area contributed by atoms with Crippen LogP contribution in [0.3, 0.4) is 0 Å². The molecule has 6 nitrogen and oxygen atoms in total. The van der Waals surface area contributed by atoms with Gasteiger partial charge < -0.3 is 10.8 Å². The van der Waals surface area contributed by atoms with E-state index in [1.165, 1.54) is 35.8 Å². The lowest BCUT2D eigenvalue weighted by Gasteiger charge is -2.07. The molecule has 0 unspecified atom stereocenters. The van der Waals surface area contributed by atoms with Gasteiger partial charge in [0.15, 0.2) is 0 Å². The molecule has 0 aliphatic heterocycles. The van der Waals surface area contributed by atoms with Crippen molar-refractivity contribution < 1.29 is 14.3 Å². The number of aromatic hydroxyl groups is 1. The van der Waals surface area contributed by atoms with Crippen LogP contribution in [0.4, 0.5) is 4.39 Å². The molecule has 8 heteroatoms. The van der Waals surface area contributed by atoms with Gasteiger partial charge in [-0.1, -0.05) is 18.2 Å². The Morgan fingerprint density at radius 3 is 2.79 bits per heavy atom. The molecule has 1 aliphatic rings. The van der Waals surface area contributed by atoms with Crippen molar-refractivity contribution >= 4 is 23.5 Å². The fraction of sp³-hybridized carbons (Fsp3) is 0.150. The van der Waals surface area contributed by atoms with E-state index in [1.807, 2.05) is 5.38 Å². The van der Waals surface area contributed by atoms with Crippen molar-refractivity contribution in [1.82, 2.24) is 4.68 Å². The largest absolute Gasteiger partial charge is 0.507 e. The standard InChI is InChI=1S/C20H17FN4O2S/c21-16-4-2-1-3-13(16)10-23-25-17(11-28-20(25)24-14-6-7-14)12-5-8-18(26)15(9-12)19(22)27/h1-5,8-11,14,26H,6-7H2,(H2,22,27)/b23-10+,24-20?. The number of nitrogens with zero attached hydrogens (tertiary/aromatic N) is 3. The van der Waals surface area contributed by atoms with Gasteiger partial charge in [0, 0.05) is 16.5 Å². The van der Waals surface area contributed by atoms with E-state index >= 15 is 0 Å². The van der Waals surface area contributed by atoms with Crippen LogP contribution in [0.1, 0.15) is 28.8 Å². The lowest BCUT2D eigenvalue weighted by atomic mass is 10.1. The number of amides is 1. The Hall–Kier alpha value is -3.26. The van der Waals surface area contributed by atoms with Gasteiger partial charge in [-0.25, -0.2) is 9.07 Å². The first kappa shape index (κ1) is 18.1. The molecule has 1 aliphatic carbocycles. The van der Waals surface area contributed by atoms with E-state index in [-0.39, 0.29) is 23.2 Å². The Balaban J connectivity index is 1.83. The summed E-state index contributed by atoms with van der Waals surface area (Å²) in [5.41, 5.74) is 7.02. The van der Waals surface area contributed by atoms with Gasteiger partial charge in [-0.05, 0) is 37.1 Å². The van der Waals surface area contributed by atoms with Crippen molar-refractivity contribution in [3.8, 4) is 17.0 Å². The number of primary amides is 1. The number of hydrogen-bond acceptors (Lipinski definition) is 5. The van der Waals surface area contributed by atoms with Crippen LogP contribution in [-0.4, -0.2) is 27.9 Å². The quantitative estimate of drug-likeness (QED) is 0.649. The van der Waals surface area contributed by atoms with Gasteiger partial charge >= 0.3 is 0 Å². The molecule has 0 atom stereocenters. The lowest BCUT2D eigenvalue weighted by molar-refractivity contribution is 0.0998. The predicted octanol–water partition coefficient (Wildman–Crippen LogP) is 3.11. The summed E-state index contributed by atoms with van der Waals surface area (Å²) in [4.78, 5) is 16.9. The molecule has 4 rings (SSSR count). The van der Waals surface area contributed by atoms with Crippen molar-refractivity contribution in [3.63, 3.8) is 0 Å². The molecular weight excluding hydrogens is 379 g/mol. The molecule has 0 radical (unpaired) electrons. The molecule has 2 aromatic carbocycles. The summed E-state index contributed by atoms with van der Waals surface area (Å²) in [5, 5.41) is 16.1. The second-order valence-corrected chi connectivity index (χ2v) is 7.27. The Bertz CT molecular complexity index is 1150. The van der Waals surface area contributed by atoms with E-state index in [0.717, 1.165) is 12.8 Å². The summed E-state index contributed by atoms with van der Waals surface area (Å²) in [6.07, 6.45) is 3.51. The number of carbonyl (C=O) groups excluding carboxylic acids is 1. The first-order valence-corrected chi connectivity index (χ1v) is 9.57. The molecule has 28 heavy (non-hydrogen) atoms. The lowest BCUT2D eigenvalue weighted by Crippen LogP contribution is -2.14. The monoisotopic (exact) mass is 396 g/mol. The maximum Gasteiger partial charge on any atom is 0.252 e. The molecular formula is C20H17FN4O2S. The van der Waals surface area contributed by atoms with Crippen molar-refractivity contribution in [1.29, 1.82) is 0 Å². The fourth-order valence-corrected chi connectivity index (χ4v) is 3.56. The zero-order chi connectivity index (χ0) is 19.7. The minimum absolute atomic E-state index is 0.0222. The fourth-order valence-electron chi connectivity index (χ4n) is 2.65. The van der Waals surface area contributed by atoms with Crippen LogP contribution in [0.5, 0.6) is 5.75 Å². The summed E-state index contributed by atoms with van der Waals surface area (Å²) in [5.74, 6) is -1.28. The van der Waals surface area contributed by atoms with E-state index < -0.39 is 5.91 Å². The van der Waals surface area contributed by atoms with E-state index in [2.05, 4.69) is 10.1 Å². The van der Waals surface area contributed by atoms with Gasteiger partial charge in [0.25, 0.3) is 5.91 Å². The van der Waals surface area contributed by atoms with Crippen molar-refractivity contribution in [3.05, 3.63) is 69.6 Å². The average molecular weight is 396 g/mol. The van der Waals surface area contributed by atoms with Crippen LogP contribution in [0.25, 0.3) is 11.3 Å². The minimum atomic E-state index is -0.723. The molecule has 1 saturated carbocycles. The third kappa shape index (κ3) is 3.72. The first-order valence-electron chi connectivity index (χ1n) is 8.69. The highest BCUT2D eigenvalue weighted by molar-refractivity contribution is 7.07. The molecule has 1 aromatic heterocycles. The van der Waals surface area contributed by atoms with Crippen LogP contribution < -0.4 is 10.5 Å². The van der Waals surface area contributed by atoms with Gasteiger partial charge in [0.05, 0.1) is 23.5 Å². The molecule has 3 N–H and O–H groups in total. The predicted molar refractivity (Wildman–Crippen MR) is 106 cm³/mol. The van der Waals surface area contributed by atoms with E-state index in [4.69, 9.17) is 5.73 Å². The molecule has 1 heterocycles. The number of halogens is 1. The summed E-state index contributed by atoms with van der Waals surface area (Å²) < 4.78 is 15.6. The zero-order valence-corrected chi connectivity index (χ0v) is 15.6. The maximum atomic E-state index is 13.9. The summed E-state index contributed by atoms with van der Waals surface area (Å²) in [6.45, 7) is 0. The highest BCUT2D eigenvalue weighted by Gasteiger charge is 2.21. The maximum absolute atomic E-state index is 13.9. The Morgan fingerprint density at radius 1 is 1.29 bits per heavy atom. The molecule has 3 aromatic rings. The number of hydrogen-bond donors (Lipinski definition) is 2. The molecule has 0 bridgehead atoms. The number of nitrogens with two attached hydrogens (primary N) is 1. The molecule has 1 fully saturated rings. The van der Waals surface area contributed by atoms with E-state index in [1.54, 1.807) is 28.9 Å². The topological polar surface area (TPSA) is 93.0 Å². The Labute approximate surface area is 164 Å². The number of aromatic nitrogens is 1. The van der Waals surface area contributed by atoms with Crippen molar-refractivity contribution in [2.24, 2.45) is 15.8 Å². The SMILES string of the molecule is NC(=O)c1cc(-c2csc(=NC3CC3)n2/N=C/c2ccccc2F)ccc1O. The van der Waals surface area contributed by atoms with Gasteiger partial charge in [-0.2, -0.15) is 5.10 Å². The number of rotatable bonds is 5. The number of carbonyl (C=O) groups is 1. The van der Waals surface area contributed by atoms with E-state index in [0.29, 0.717) is 21.6 Å². The van der Waals surface area contributed by atoms with Crippen LogP contribution in [0.15, 0.2) is 57.9 Å². The number of thiazole rings is 1. The summed E-state index contributed by atoms with van der Waals surface area (Å²) in [7, 11) is 0. The van der Waals surface area contributed by atoms with Gasteiger partial charge in [0.1, 0.15) is 11.6 Å². The first-order chi connectivity index (χ1) is 13.5. The van der Waals surface area contributed by atoms with Crippen molar-refractivity contribution in [2.45, 2.75) is 18.9 Å². The number of benzene rings is 2. The molecule has 1 amide bonds. The second kappa shape index (κ2) is 7.40. The minimum Gasteiger partial charge on any atom is -0.507 e. The molecule has 0 spiro atoms. The third-order valence-electron chi connectivity index (χ3n) is 4.30. The van der Waals surface area contributed by atoms with Gasteiger partial charge in [-0.3, -0.25) is 9.79 Å². The van der Waals surface area contributed by atoms with Crippen LogP contribution >= 0.6 is 11.3 Å². The summed E-state index contributed by atoms with van der Waals surface area (Å²) in [6, 6.07) is 11.2. The Morgan fingerprint density at radius 2 is 2.07 bits per heavy atom. The van der Waals surface area contributed by atoms with E-state index in [9.17, 15) is 14.3 Å². The highest BCUT2D eigenvalue weighted by Crippen LogP contribution is 2.27. The molecule has 0 saturated heterocycles. The number of phenols is 1. The van der Waals surface area contributed by atoms with Crippen LogP contribution in [0, 0.1) is 5.82 Å². The highest BCUT2D eigenvalue weighted by atomic mass is 32.1. The van der Waals surface area contributed by atoms with Crippen LogP contribution in [0.2, 0.25) is 0 Å². The van der Waals surface area contributed by atoms with Gasteiger partial charge in [0.2, 0.25) is 4.80 Å². The van der Waals surface area contributed by atoms with Crippen molar-refractivity contribution in [2.75, 3.05) is 0 Å². The normalized spacial score (nSPS) is 14.7. The summed E-state index contributed by atoms with van der Waals surface area (Å²) >= 11 is 1.41. The Kier molecular flexibility index (Phi) is 4.79.